The van der Waals surface area contributed by atoms with Gasteiger partial charge >= 0.3 is 0 Å². The first kappa shape index (κ1) is 14.5. The molecule has 1 aliphatic rings. The average molecular weight is 260 g/mol. The van der Waals surface area contributed by atoms with E-state index in [0.717, 1.165) is 25.6 Å². The normalized spacial score (nSPS) is 17.6. The van der Waals surface area contributed by atoms with Crippen LogP contribution in [0, 0.1) is 5.92 Å². The van der Waals surface area contributed by atoms with Crippen LogP contribution in [0.3, 0.4) is 0 Å². The second-order valence-corrected chi connectivity index (χ2v) is 5.87. The van der Waals surface area contributed by atoms with Gasteiger partial charge in [-0.15, -0.1) is 0 Å². The largest absolute Gasteiger partial charge is 0.329 e. The molecule has 1 fully saturated rings. The third kappa shape index (κ3) is 5.33. The lowest BCUT2D eigenvalue weighted by Gasteiger charge is -2.26. The summed E-state index contributed by atoms with van der Waals surface area (Å²) in [7, 11) is 0. The Labute approximate surface area is 118 Å². The molecule has 1 aliphatic carbocycles. The van der Waals surface area contributed by atoms with Gasteiger partial charge in [-0.2, -0.15) is 0 Å². The SMILES string of the molecule is NCCN(Cc1ccccc1)CC1CCCCCC1. The maximum absolute atomic E-state index is 5.78. The van der Waals surface area contributed by atoms with Crippen LogP contribution in [-0.2, 0) is 6.54 Å². The molecule has 1 aromatic rings. The maximum Gasteiger partial charge on any atom is 0.0234 e. The van der Waals surface area contributed by atoms with Gasteiger partial charge in [-0.3, -0.25) is 4.90 Å². The highest BCUT2D eigenvalue weighted by Crippen LogP contribution is 2.24. The van der Waals surface area contributed by atoms with Gasteiger partial charge in [0.25, 0.3) is 0 Å². The highest BCUT2D eigenvalue weighted by atomic mass is 15.1. The molecule has 0 amide bonds. The Balaban J connectivity index is 1.87. The van der Waals surface area contributed by atoms with Gasteiger partial charge in [-0.05, 0) is 24.3 Å². The van der Waals surface area contributed by atoms with E-state index in [9.17, 15) is 0 Å². The van der Waals surface area contributed by atoms with Crippen LogP contribution in [0.25, 0.3) is 0 Å². The Kier molecular flexibility index (Phi) is 6.38. The standard InChI is InChI=1S/C17H28N2/c18-12-13-19(15-17-10-6-3-7-11-17)14-16-8-4-1-2-5-9-16/h3,6-7,10-11,16H,1-2,4-5,8-9,12-15,18H2. The summed E-state index contributed by atoms with van der Waals surface area (Å²) >= 11 is 0. The lowest BCUT2D eigenvalue weighted by atomic mass is 9.99. The van der Waals surface area contributed by atoms with E-state index < -0.39 is 0 Å². The minimum absolute atomic E-state index is 0.763. The van der Waals surface area contributed by atoms with Gasteiger partial charge in [0, 0.05) is 26.2 Å². The Hall–Kier alpha value is -0.860. The highest BCUT2D eigenvalue weighted by Gasteiger charge is 2.16. The third-order valence-electron chi connectivity index (χ3n) is 4.19. The van der Waals surface area contributed by atoms with E-state index in [4.69, 9.17) is 5.73 Å². The summed E-state index contributed by atoms with van der Waals surface area (Å²) in [5, 5.41) is 0. The zero-order valence-corrected chi connectivity index (χ0v) is 12.1. The van der Waals surface area contributed by atoms with E-state index in [1.165, 1.54) is 50.6 Å². The first-order valence-corrected chi connectivity index (χ1v) is 7.85. The monoisotopic (exact) mass is 260 g/mol. The number of benzene rings is 1. The number of hydrogen-bond acceptors (Lipinski definition) is 2. The first-order chi connectivity index (χ1) is 9.38. The Morgan fingerprint density at radius 1 is 1.00 bits per heavy atom. The molecule has 0 atom stereocenters. The van der Waals surface area contributed by atoms with Gasteiger partial charge in [0.15, 0.2) is 0 Å². The zero-order valence-electron chi connectivity index (χ0n) is 12.1. The lowest BCUT2D eigenvalue weighted by molar-refractivity contribution is 0.216. The van der Waals surface area contributed by atoms with Gasteiger partial charge in [0.05, 0.1) is 0 Å². The van der Waals surface area contributed by atoms with E-state index in [2.05, 4.69) is 35.2 Å². The van der Waals surface area contributed by atoms with Crippen LogP contribution in [0.1, 0.15) is 44.1 Å². The fraction of sp³-hybridized carbons (Fsp3) is 0.647. The van der Waals surface area contributed by atoms with Crippen molar-refractivity contribution in [2.45, 2.75) is 45.1 Å². The summed E-state index contributed by atoms with van der Waals surface area (Å²) in [6, 6.07) is 10.8. The second-order valence-electron chi connectivity index (χ2n) is 5.87. The van der Waals surface area contributed by atoms with Crippen LogP contribution in [0.15, 0.2) is 30.3 Å². The Morgan fingerprint density at radius 3 is 2.32 bits per heavy atom. The summed E-state index contributed by atoms with van der Waals surface area (Å²) in [6.45, 7) is 4.06. The highest BCUT2D eigenvalue weighted by molar-refractivity contribution is 5.14. The van der Waals surface area contributed by atoms with Crippen molar-refractivity contribution in [3.63, 3.8) is 0 Å². The molecule has 0 bridgehead atoms. The molecule has 2 nitrogen and oxygen atoms in total. The van der Waals surface area contributed by atoms with Crippen molar-refractivity contribution < 1.29 is 0 Å². The second kappa shape index (κ2) is 8.34. The molecule has 0 aliphatic heterocycles. The van der Waals surface area contributed by atoms with Crippen molar-refractivity contribution in [2.24, 2.45) is 11.7 Å². The smallest absolute Gasteiger partial charge is 0.0234 e. The summed E-state index contributed by atoms with van der Waals surface area (Å²) in [5.41, 5.74) is 7.18. The van der Waals surface area contributed by atoms with Crippen molar-refractivity contribution >= 4 is 0 Å². The van der Waals surface area contributed by atoms with Gasteiger partial charge in [-0.25, -0.2) is 0 Å². The summed E-state index contributed by atoms with van der Waals surface area (Å²) in [5.74, 6) is 0.887. The van der Waals surface area contributed by atoms with Crippen LogP contribution in [0.4, 0.5) is 0 Å². The molecule has 0 saturated heterocycles. The molecule has 2 rings (SSSR count). The first-order valence-electron chi connectivity index (χ1n) is 7.85. The number of hydrogen-bond donors (Lipinski definition) is 1. The molecular weight excluding hydrogens is 232 g/mol. The van der Waals surface area contributed by atoms with E-state index in [-0.39, 0.29) is 0 Å². The van der Waals surface area contributed by atoms with Crippen LogP contribution >= 0.6 is 0 Å². The van der Waals surface area contributed by atoms with Crippen LogP contribution < -0.4 is 5.73 Å². The molecule has 0 aromatic heterocycles. The predicted molar refractivity (Wildman–Crippen MR) is 82.0 cm³/mol. The fourth-order valence-electron chi connectivity index (χ4n) is 3.17. The summed E-state index contributed by atoms with van der Waals surface area (Å²) in [6.07, 6.45) is 8.54. The Morgan fingerprint density at radius 2 is 1.68 bits per heavy atom. The minimum Gasteiger partial charge on any atom is -0.329 e. The van der Waals surface area contributed by atoms with Gasteiger partial charge in [-0.1, -0.05) is 56.0 Å². The number of nitrogens with zero attached hydrogens (tertiary/aromatic N) is 1. The molecule has 19 heavy (non-hydrogen) atoms. The van der Waals surface area contributed by atoms with E-state index in [1.54, 1.807) is 0 Å². The van der Waals surface area contributed by atoms with Crippen molar-refractivity contribution in [1.29, 1.82) is 0 Å². The summed E-state index contributed by atoms with van der Waals surface area (Å²) < 4.78 is 0. The molecule has 0 spiro atoms. The van der Waals surface area contributed by atoms with Crippen molar-refractivity contribution in [2.75, 3.05) is 19.6 Å². The zero-order chi connectivity index (χ0) is 13.3. The fourth-order valence-corrected chi connectivity index (χ4v) is 3.17. The quantitative estimate of drug-likeness (QED) is 0.794. The van der Waals surface area contributed by atoms with E-state index in [1.807, 2.05) is 0 Å². The van der Waals surface area contributed by atoms with Crippen molar-refractivity contribution in [3.8, 4) is 0 Å². The molecule has 1 aromatic carbocycles. The molecule has 1 saturated carbocycles. The van der Waals surface area contributed by atoms with E-state index >= 15 is 0 Å². The van der Waals surface area contributed by atoms with Crippen LogP contribution in [-0.4, -0.2) is 24.5 Å². The minimum atomic E-state index is 0.763. The van der Waals surface area contributed by atoms with Gasteiger partial charge in [0.2, 0.25) is 0 Å². The Bertz CT molecular complexity index is 328. The molecule has 2 heteroatoms. The maximum atomic E-state index is 5.78. The van der Waals surface area contributed by atoms with E-state index in [0.29, 0.717) is 0 Å². The molecule has 0 unspecified atom stereocenters. The lowest BCUT2D eigenvalue weighted by Crippen LogP contribution is -2.33. The summed E-state index contributed by atoms with van der Waals surface area (Å²) in [4.78, 5) is 2.55. The predicted octanol–water partition coefficient (Wildman–Crippen LogP) is 3.42. The van der Waals surface area contributed by atoms with Crippen LogP contribution in [0.2, 0.25) is 0 Å². The molecular formula is C17H28N2. The molecule has 0 radical (unpaired) electrons. The van der Waals surface area contributed by atoms with Crippen molar-refractivity contribution in [3.05, 3.63) is 35.9 Å². The van der Waals surface area contributed by atoms with Crippen LogP contribution in [0.5, 0.6) is 0 Å². The average Bonchev–Trinajstić information content (AvgIpc) is 2.69. The molecule has 2 N–H and O–H groups in total. The topological polar surface area (TPSA) is 29.3 Å². The molecule has 0 heterocycles. The third-order valence-corrected chi connectivity index (χ3v) is 4.19. The molecule has 106 valence electrons. The van der Waals surface area contributed by atoms with Gasteiger partial charge < -0.3 is 5.73 Å². The number of rotatable bonds is 6. The van der Waals surface area contributed by atoms with Crippen molar-refractivity contribution in [1.82, 2.24) is 4.90 Å². The van der Waals surface area contributed by atoms with Gasteiger partial charge in [0.1, 0.15) is 0 Å². The number of nitrogens with two attached hydrogens (primary N) is 1.